The van der Waals surface area contributed by atoms with Crippen molar-refractivity contribution in [3.63, 3.8) is 0 Å². The summed E-state index contributed by atoms with van der Waals surface area (Å²) in [4.78, 5) is 11.1. The van der Waals surface area contributed by atoms with Crippen LogP contribution < -0.4 is 4.72 Å². The number of aliphatic hydroxyl groups is 1. The first-order valence-corrected chi connectivity index (χ1v) is 7.84. The van der Waals surface area contributed by atoms with E-state index < -0.39 is 27.8 Å². The van der Waals surface area contributed by atoms with Gasteiger partial charge in [-0.05, 0) is 32.6 Å². The predicted molar refractivity (Wildman–Crippen MR) is 69.8 cm³/mol. The Morgan fingerprint density at radius 3 is 2.58 bits per heavy atom. The van der Waals surface area contributed by atoms with Gasteiger partial charge in [0.05, 0.1) is 12.1 Å². The number of aliphatic hydroxyl groups excluding tert-OH is 1. The summed E-state index contributed by atoms with van der Waals surface area (Å²) in [5.41, 5.74) is -0.973. The van der Waals surface area contributed by atoms with Gasteiger partial charge in [-0.1, -0.05) is 6.92 Å². The molecule has 112 valence electrons. The minimum Gasteiger partial charge on any atom is -0.480 e. The highest BCUT2D eigenvalue weighted by atomic mass is 32.2. The van der Waals surface area contributed by atoms with Gasteiger partial charge in [-0.25, -0.2) is 0 Å². The average Bonchev–Trinajstić information content (AvgIpc) is 2.38. The molecule has 0 aromatic heterocycles. The fraction of sp³-hybridized carbons (Fsp3) is 0.909. The van der Waals surface area contributed by atoms with Crippen LogP contribution in [0, 0.1) is 0 Å². The van der Waals surface area contributed by atoms with Gasteiger partial charge in [0.2, 0.25) is 0 Å². The molecule has 0 spiro atoms. The molecule has 0 amide bonds. The van der Waals surface area contributed by atoms with E-state index in [1.807, 2.05) is 0 Å². The Labute approximate surface area is 113 Å². The largest absolute Gasteiger partial charge is 0.480 e. The molecule has 0 aromatic carbocycles. The molecular weight excluding hydrogens is 272 g/mol. The molecule has 1 aliphatic rings. The molecular formula is C11H22N2O5S. The summed E-state index contributed by atoms with van der Waals surface area (Å²) in [6, 6.07) is -1.02. The van der Waals surface area contributed by atoms with Gasteiger partial charge in [0.1, 0.15) is 6.04 Å². The molecule has 0 radical (unpaired) electrons. The number of nitrogens with one attached hydrogen (secondary N) is 1. The smallest absolute Gasteiger partial charge is 0.322 e. The molecule has 1 fully saturated rings. The van der Waals surface area contributed by atoms with E-state index in [-0.39, 0.29) is 13.2 Å². The first-order chi connectivity index (χ1) is 8.75. The quantitative estimate of drug-likeness (QED) is 0.635. The summed E-state index contributed by atoms with van der Waals surface area (Å²) in [6.07, 6.45) is 2.08. The highest BCUT2D eigenvalue weighted by Crippen LogP contribution is 2.22. The van der Waals surface area contributed by atoms with Crippen LogP contribution in [0.3, 0.4) is 0 Å². The van der Waals surface area contributed by atoms with Gasteiger partial charge in [-0.15, -0.1) is 0 Å². The third-order valence-electron chi connectivity index (χ3n) is 3.55. The zero-order valence-electron chi connectivity index (χ0n) is 11.3. The normalized spacial score (nSPS) is 24.9. The van der Waals surface area contributed by atoms with Gasteiger partial charge < -0.3 is 10.2 Å². The van der Waals surface area contributed by atoms with Crippen molar-refractivity contribution in [3.05, 3.63) is 0 Å². The van der Waals surface area contributed by atoms with E-state index >= 15 is 0 Å². The molecule has 1 heterocycles. The first kappa shape index (κ1) is 16.4. The molecule has 1 saturated heterocycles. The highest BCUT2D eigenvalue weighted by molar-refractivity contribution is 7.87. The lowest BCUT2D eigenvalue weighted by atomic mass is 10.0. The molecule has 1 rings (SSSR count). The zero-order chi connectivity index (χ0) is 14.7. The Morgan fingerprint density at radius 2 is 2.11 bits per heavy atom. The summed E-state index contributed by atoms with van der Waals surface area (Å²) in [5, 5.41) is 18.4. The maximum Gasteiger partial charge on any atom is 0.322 e. The molecule has 3 N–H and O–H groups in total. The molecule has 2 unspecified atom stereocenters. The number of carbonyl (C=O) groups is 1. The third kappa shape index (κ3) is 3.88. The maximum absolute atomic E-state index is 12.3. The van der Waals surface area contributed by atoms with Crippen LogP contribution in [0.15, 0.2) is 0 Å². The van der Waals surface area contributed by atoms with Crippen LogP contribution in [0.1, 0.15) is 39.5 Å². The fourth-order valence-electron chi connectivity index (χ4n) is 2.03. The number of carboxylic acids is 1. The second-order valence-corrected chi connectivity index (χ2v) is 6.76. The zero-order valence-corrected chi connectivity index (χ0v) is 12.1. The number of carboxylic acid groups (broad SMARTS) is 1. The van der Waals surface area contributed by atoms with Crippen molar-refractivity contribution in [2.45, 2.75) is 51.1 Å². The number of piperidine rings is 1. The molecule has 1 aliphatic heterocycles. The van der Waals surface area contributed by atoms with Crippen molar-refractivity contribution < 1.29 is 23.4 Å². The standard InChI is InChI=1S/C11H22N2O5S/c1-3-11(2,8-14)12-19(17,18)13-7-5-4-6-9(13)10(15)16/h9,12,14H,3-8H2,1-2H3,(H,15,16). The molecule has 7 nitrogen and oxygen atoms in total. The number of aliphatic carboxylic acids is 1. The minimum atomic E-state index is -3.92. The van der Waals surface area contributed by atoms with Crippen LogP contribution in [-0.2, 0) is 15.0 Å². The number of hydrogen-bond acceptors (Lipinski definition) is 4. The number of hydrogen-bond donors (Lipinski definition) is 3. The van der Waals surface area contributed by atoms with E-state index in [4.69, 9.17) is 5.11 Å². The van der Waals surface area contributed by atoms with Crippen molar-refractivity contribution in [3.8, 4) is 0 Å². The Hall–Kier alpha value is -0.700. The van der Waals surface area contributed by atoms with E-state index in [0.717, 1.165) is 4.31 Å². The Bertz CT molecular complexity index is 419. The molecule has 19 heavy (non-hydrogen) atoms. The van der Waals surface area contributed by atoms with Crippen molar-refractivity contribution in [2.24, 2.45) is 0 Å². The Balaban J connectivity index is 2.94. The molecule has 0 bridgehead atoms. The van der Waals surface area contributed by atoms with Crippen LogP contribution in [0.25, 0.3) is 0 Å². The molecule has 8 heteroatoms. The SMILES string of the molecule is CCC(C)(CO)NS(=O)(=O)N1CCCCC1C(=O)O. The van der Waals surface area contributed by atoms with Gasteiger partial charge in [0, 0.05) is 6.54 Å². The van der Waals surface area contributed by atoms with Crippen LogP contribution in [-0.4, -0.2) is 53.6 Å². The number of rotatable bonds is 6. The van der Waals surface area contributed by atoms with E-state index in [1.165, 1.54) is 0 Å². The monoisotopic (exact) mass is 294 g/mol. The average molecular weight is 294 g/mol. The van der Waals surface area contributed by atoms with Crippen molar-refractivity contribution in [1.29, 1.82) is 0 Å². The van der Waals surface area contributed by atoms with Crippen LogP contribution >= 0.6 is 0 Å². The second kappa shape index (κ2) is 6.17. The van der Waals surface area contributed by atoms with Gasteiger partial charge in [0.25, 0.3) is 10.2 Å². The predicted octanol–water partition coefficient (Wildman–Crippen LogP) is -0.0791. The summed E-state index contributed by atoms with van der Waals surface area (Å²) < 4.78 is 27.9. The molecule has 2 atom stereocenters. The summed E-state index contributed by atoms with van der Waals surface area (Å²) >= 11 is 0. The Morgan fingerprint density at radius 1 is 1.47 bits per heavy atom. The van der Waals surface area contributed by atoms with Crippen molar-refractivity contribution in [1.82, 2.24) is 9.03 Å². The second-order valence-electron chi connectivity index (χ2n) is 5.14. The van der Waals surface area contributed by atoms with Crippen LogP contribution in [0.4, 0.5) is 0 Å². The lowest BCUT2D eigenvalue weighted by Gasteiger charge is -2.35. The van der Waals surface area contributed by atoms with Crippen LogP contribution in [0.5, 0.6) is 0 Å². The van der Waals surface area contributed by atoms with Crippen molar-refractivity contribution in [2.75, 3.05) is 13.2 Å². The summed E-state index contributed by atoms with van der Waals surface area (Å²) in [7, 11) is -3.92. The van der Waals surface area contributed by atoms with Crippen molar-refractivity contribution >= 4 is 16.2 Å². The molecule has 0 saturated carbocycles. The van der Waals surface area contributed by atoms with E-state index in [2.05, 4.69) is 4.72 Å². The minimum absolute atomic E-state index is 0.192. The third-order valence-corrected chi connectivity index (χ3v) is 5.36. The van der Waals surface area contributed by atoms with E-state index in [9.17, 15) is 18.3 Å². The van der Waals surface area contributed by atoms with E-state index in [0.29, 0.717) is 25.7 Å². The molecule has 0 aromatic rings. The lowest BCUT2D eigenvalue weighted by molar-refractivity contribution is -0.142. The van der Waals surface area contributed by atoms with Gasteiger partial charge in [-0.2, -0.15) is 17.4 Å². The van der Waals surface area contributed by atoms with E-state index in [1.54, 1.807) is 13.8 Å². The van der Waals surface area contributed by atoms with Gasteiger partial charge in [0.15, 0.2) is 0 Å². The maximum atomic E-state index is 12.3. The van der Waals surface area contributed by atoms with Gasteiger partial charge >= 0.3 is 5.97 Å². The summed E-state index contributed by atoms with van der Waals surface area (Å²) in [6.45, 7) is 3.19. The topological polar surface area (TPSA) is 107 Å². The van der Waals surface area contributed by atoms with Crippen LogP contribution in [0.2, 0.25) is 0 Å². The number of nitrogens with zero attached hydrogens (tertiary/aromatic N) is 1. The van der Waals surface area contributed by atoms with Gasteiger partial charge in [-0.3, -0.25) is 4.79 Å². The fourth-order valence-corrected chi connectivity index (χ4v) is 3.87. The Kier molecular flexibility index (Phi) is 5.31. The summed E-state index contributed by atoms with van der Waals surface area (Å²) in [5.74, 6) is -1.13. The first-order valence-electron chi connectivity index (χ1n) is 6.40. The highest BCUT2D eigenvalue weighted by Gasteiger charge is 2.39. The molecule has 0 aliphatic carbocycles. The lowest BCUT2D eigenvalue weighted by Crippen LogP contribution is -2.58.